The van der Waals surface area contributed by atoms with Crippen molar-refractivity contribution in [3.8, 4) is 0 Å². The summed E-state index contributed by atoms with van der Waals surface area (Å²) in [5.74, 6) is -0.229. The molecule has 0 amide bonds. The normalized spacial score (nSPS) is 25.7. The van der Waals surface area contributed by atoms with Crippen LogP contribution in [0.1, 0.15) is 18.4 Å². The summed E-state index contributed by atoms with van der Waals surface area (Å²) < 4.78 is 32.1. The van der Waals surface area contributed by atoms with E-state index in [9.17, 15) is 8.42 Å². The van der Waals surface area contributed by atoms with Gasteiger partial charge in [0.1, 0.15) is 0 Å². The van der Waals surface area contributed by atoms with Gasteiger partial charge in [-0.15, -0.1) is 0 Å². The van der Waals surface area contributed by atoms with E-state index in [0.717, 1.165) is 5.56 Å². The van der Waals surface area contributed by atoms with Crippen LogP contribution < -0.4 is 5.73 Å². The van der Waals surface area contributed by atoms with Crippen LogP contribution in [0.3, 0.4) is 0 Å². The molecule has 1 fully saturated rings. The van der Waals surface area contributed by atoms with Gasteiger partial charge < -0.3 is 10.5 Å². The molecule has 2 aromatic carbocycles. The fourth-order valence-corrected chi connectivity index (χ4v) is 6.34. The van der Waals surface area contributed by atoms with E-state index >= 15 is 0 Å². The molecule has 3 atom stereocenters. The smallest absolute Gasteiger partial charge is 0.182 e. The molecule has 0 heterocycles. The van der Waals surface area contributed by atoms with E-state index in [-0.39, 0.29) is 12.5 Å². The molecular formula is C19H22ClNO3S. The number of rotatable bonds is 7. The van der Waals surface area contributed by atoms with Crippen molar-refractivity contribution < 1.29 is 13.2 Å². The van der Waals surface area contributed by atoms with Gasteiger partial charge in [-0.2, -0.15) is 0 Å². The van der Waals surface area contributed by atoms with Crippen molar-refractivity contribution in [3.05, 3.63) is 65.2 Å². The van der Waals surface area contributed by atoms with Gasteiger partial charge in [0.05, 0.1) is 16.8 Å². The SMILES string of the molecule is CCOC[C@]1(CN)[C@@H](c2cccc(Cl)c2)[C@@H]1S(=O)(=O)c1ccccc1. The average molecular weight is 380 g/mol. The van der Waals surface area contributed by atoms with Crippen LogP contribution in [0.5, 0.6) is 0 Å². The molecule has 0 aliphatic heterocycles. The monoisotopic (exact) mass is 379 g/mol. The summed E-state index contributed by atoms with van der Waals surface area (Å²) in [7, 11) is -3.53. The second kappa shape index (κ2) is 7.08. The Morgan fingerprint density at radius 2 is 1.88 bits per heavy atom. The number of hydrogen-bond donors (Lipinski definition) is 1. The van der Waals surface area contributed by atoms with Gasteiger partial charge in [-0.25, -0.2) is 8.42 Å². The molecule has 0 unspecified atom stereocenters. The molecule has 4 nitrogen and oxygen atoms in total. The Hall–Kier alpha value is -1.40. The predicted molar refractivity (Wildman–Crippen MR) is 99.6 cm³/mol. The number of ether oxygens (including phenoxy) is 1. The number of nitrogens with two attached hydrogens (primary N) is 1. The fraction of sp³-hybridized carbons (Fsp3) is 0.368. The second-order valence-corrected chi connectivity index (χ2v) is 8.89. The van der Waals surface area contributed by atoms with E-state index in [1.807, 2.05) is 25.1 Å². The van der Waals surface area contributed by atoms with E-state index < -0.39 is 20.5 Å². The Balaban J connectivity index is 2.06. The number of sulfone groups is 1. The maximum absolute atomic E-state index is 13.3. The third-order valence-electron chi connectivity index (χ3n) is 4.95. The molecule has 0 radical (unpaired) electrons. The van der Waals surface area contributed by atoms with Gasteiger partial charge in [-0.1, -0.05) is 41.9 Å². The second-order valence-electron chi connectivity index (χ2n) is 6.39. The summed E-state index contributed by atoms with van der Waals surface area (Å²) in [6.45, 7) is 2.96. The highest BCUT2D eigenvalue weighted by Gasteiger charge is 2.70. The molecule has 6 heteroatoms. The Kier molecular flexibility index (Phi) is 5.21. The maximum atomic E-state index is 13.3. The molecule has 0 spiro atoms. The van der Waals surface area contributed by atoms with Gasteiger partial charge in [0.2, 0.25) is 0 Å². The predicted octanol–water partition coefficient (Wildman–Crippen LogP) is 3.26. The summed E-state index contributed by atoms with van der Waals surface area (Å²) in [4.78, 5) is 0.318. The van der Waals surface area contributed by atoms with Crippen molar-refractivity contribution in [2.75, 3.05) is 19.8 Å². The summed E-state index contributed by atoms with van der Waals surface area (Å²) >= 11 is 6.12. The van der Waals surface area contributed by atoms with Gasteiger partial charge in [0.15, 0.2) is 9.84 Å². The van der Waals surface area contributed by atoms with Gasteiger partial charge in [-0.05, 0) is 36.8 Å². The van der Waals surface area contributed by atoms with Crippen LogP contribution in [0, 0.1) is 5.41 Å². The minimum absolute atomic E-state index is 0.229. The number of halogens is 1. The lowest BCUT2D eigenvalue weighted by Crippen LogP contribution is -2.29. The third-order valence-corrected chi connectivity index (χ3v) is 7.52. The lowest BCUT2D eigenvalue weighted by Gasteiger charge is -2.16. The molecule has 0 bridgehead atoms. The summed E-state index contributed by atoms with van der Waals surface area (Å²) in [5.41, 5.74) is 6.32. The third kappa shape index (κ3) is 3.22. The van der Waals surface area contributed by atoms with Crippen molar-refractivity contribution in [3.63, 3.8) is 0 Å². The molecule has 3 rings (SSSR count). The average Bonchev–Trinajstić information content (AvgIpc) is 3.31. The molecule has 1 aliphatic rings. The van der Waals surface area contributed by atoms with Crippen molar-refractivity contribution in [2.45, 2.75) is 23.0 Å². The molecule has 1 saturated carbocycles. The van der Waals surface area contributed by atoms with Crippen LogP contribution in [0.4, 0.5) is 0 Å². The molecule has 2 N–H and O–H groups in total. The van der Waals surface area contributed by atoms with Gasteiger partial charge in [0, 0.05) is 29.5 Å². The summed E-state index contributed by atoms with van der Waals surface area (Å²) in [5, 5.41) is -0.0278. The van der Waals surface area contributed by atoms with Crippen LogP contribution in [-0.4, -0.2) is 33.4 Å². The van der Waals surface area contributed by atoms with Crippen molar-refractivity contribution in [1.82, 2.24) is 0 Å². The van der Waals surface area contributed by atoms with E-state index in [2.05, 4.69) is 0 Å². The van der Waals surface area contributed by atoms with Crippen LogP contribution in [0.25, 0.3) is 0 Å². The largest absolute Gasteiger partial charge is 0.381 e. The highest BCUT2D eigenvalue weighted by molar-refractivity contribution is 7.92. The van der Waals surface area contributed by atoms with E-state index in [1.54, 1.807) is 36.4 Å². The van der Waals surface area contributed by atoms with Crippen molar-refractivity contribution in [2.24, 2.45) is 11.1 Å². The summed E-state index contributed by atoms with van der Waals surface area (Å²) in [6.07, 6.45) is 0. The molecular weight excluding hydrogens is 358 g/mol. The van der Waals surface area contributed by atoms with Crippen LogP contribution in [-0.2, 0) is 14.6 Å². The van der Waals surface area contributed by atoms with E-state index in [1.165, 1.54) is 0 Å². The molecule has 0 aromatic heterocycles. The van der Waals surface area contributed by atoms with Gasteiger partial charge in [-0.3, -0.25) is 0 Å². The Morgan fingerprint density at radius 3 is 2.48 bits per heavy atom. The summed E-state index contributed by atoms with van der Waals surface area (Å²) in [6, 6.07) is 15.9. The first-order chi connectivity index (χ1) is 12.0. The van der Waals surface area contributed by atoms with E-state index in [4.69, 9.17) is 22.1 Å². The zero-order valence-electron chi connectivity index (χ0n) is 14.1. The molecule has 134 valence electrons. The lowest BCUT2D eigenvalue weighted by atomic mass is 10.00. The molecule has 0 saturated heterocycles. The highest BCUT2D eigenvalue weighted by Crippen LogP contribution is 2.63. The number of benzene rings is 2. The van der Waals surface area contributed by atoms with Crippen LogP contribution in [0.2, 0.25) is 5.02 Å². The Morgan fingerprint density at radius 1 is 1.16 bits per heavy atom. The van der Waals surface area contributed by atoms with Gasteiger partial charge in [0.25, 0.3) is 0 Å². The molecule has 25 heavy (non-hydrogen) atoms. The van der Waals surface area contributed by atoms with Crippen molar-refractivity contribution >= 4 is 21.4 Å². The fourth-order valence-electron chi connectivity index (χ4n) is 3.67. The van der Waals surface area contributed by atoms with Crippen molar-refractivity contribution in [1.29, 1.82) is 0 Å². The van der Waals surface area contributed by atoms with Crippen LogP contribution in [0.15, 0.2) is 59.5 Å². The maximum Gasteiger partial charge on any atom is 0.182 e. The lowest BCUT2D eigenvalue weighted by molar-refractivity contribution is 0.101. The minimum atomic E-state index is -3.53. The minimum Gasteiger partial charge on any atom is -0.381 e. The van der Waals surface area contributed by atoms with Crippen LogP contribution >= 0.6 is 11.6 Å². The first-order valence-electron chi connectivity index (χ1n) is 8.29. The highest BCUT2D eigenvalue weighted by atomic mass is 35.5. The first-order valence-corrected chi connectivity index (χ1v) is 10.2. The first kappa shape index (κ1) is 18.4. The molecule has 1 aliphatic carbocycles. The quantitative estimate of drug-likeness (QED) is 0.801. The standard InChI is InChI=1S/C19H22ClNO3S/c1-2-24-13-19(12-21)17(14-7-6-8-15(20)11-14)18(19)25(22,23)16-9-4-3-5-10-16/h3-11,17-18H,2,12-13,21H2,1H3/t17-,18-,19+/m0/s1. The zero-order valence-corrected chi connectivity index (χ0v) is 15.6. The zero-order chi connectivity index (χ0) is 18.1. The van der Waals surface area contributed by atoms with Gasteiger partial charge >= 0.3 is 0 Å². The van der Waals surface area contributed by atoms with E-state index in [0.29, 0.717) is 23.1 Å². The number of hydrogen-bond acceptors (Lipinski definition) is 4. The Labute approximate surface area is 153 Å². The Bertz CT molecular complexity index is 841. The topological polar surface area (TPSA) is 69.4 Å². The molecule has 2 aromatic rings.